The van der Waals surface area contributed by atoms with E-state index in [9.17, 15) is 4.79 Å². The molecule has 0 aliphatic rings. The minimum Gasteiger partial charge on any atom is -0.399 e. The zero-order valence-electron chi connectivity index (χ0n) is 8.84. The molecule has 0 unspecified atom stereocenters. The van der Waals surface area contributed by atoms with E-state index in [1.54, 1.807) is 29.1 Å². The predicted molar refractivity (Wildman–Crippen MR) is 61.2 cm³/mol. The van der Waals surface area contributed by atoms with E-state index >= 15 is 0 Å². The van der Waals surface area contributed by atoms with E-state index in [1.807, 2.05) is 13.1 Å². The van der Waals surface area contributed by atoms with Crippen LogP contribution in [0.25, 0.3) is 5.69 Å². The maximum atomic E-state index is 11.3. The van der Waals surface area contributed by atoms with Crippen molar-refractivity contribution in [3.05, 3.63) is 41.7 Å². The van der Waals surface area contributed by atoms with Crippen LogP contribution < -0.4 is 11.5 Å². The molecule has 1 aromatic heterocycles. The molecular formula is C11H12N4O. The highest BCUT2D eigenvalue weighted by Crippen LogP contribution is 2.17. The monoisotopic (exact) mass is 216 g/mol. The number of carbonyl (C=O) groups excluding carboxylic acids is 1. The van der Waals surface area contributed by atoms with Gasteiger partial charge in [0.05, 0.1) is 17.4 Å². The van der Waals surface area contributed by atoms with Gasteiger partial charge in [-0.05, 0) is 30.7 Å². The number of nitrogens with zero attached hydrogens (tertiary/aromatic N) is 2. The van der Waals surface area contributed by atoms with Crippen LogP contribution in [0.15, 0.2) is 30.6 Å². The lowest BCUT2D eigenvalue weighted by atomic mass is 10.1. The Bertz CT molecular complexity index is 545. The molecule has 2 aromatic rings. The molecule has 1 heterocycles. The van der Waals surface area contributed by atoms with Crippen LogP contribution in [0.3, 0.4) is 0 Å². The molecule has 0 saturated carbocycles. The molecule has 82 valence electrons. The van der Waals surface area contributed by atoms with Crippen molar-refractivity contribution in [2.75, 3.05) is 5.73 Å². The van der Waals surface area contributed by atoms with Crippen molar-refractivity contribution >= 4 is 11.6 Å². The first kappa shape index (κ1) is 10.2. The van der Waals surface area contributed by atoms with Gasteiger partial charge in [0, 0.05) is 11.9 Å². The highest BCUT2D eigenvalue weighted by Gasteiger charge is 2.10. The third kappa shape index (κ3) is 1.75. The second-order valence-electron chi connectivity index (χ2n) is 3.60. The number of hydrogen-bond acceptors (Lipinski definition) is 3. The molecule has 4 N–H and O–H groups in total. The molecule has 1 aromatic carbocycles. The quantitative estimate of drug-likeness (QED) is 0.730. The fraction of sp³-hybridized carbons (Fsp3) is 0.0909. The van der Waals surface area contributed by atoms with Crippen LogP contribution in [-0.2, 0) is 0 Å². The number of carbonyl (C=O) groups is 1. The molecule has 2 rings (SSSR count). The second kappa shape index (κ2) is 3.69. The Labute approximate surface area is 92.7 Å². The molecule has 1 amide bonds. The number of benzene rings is 1. The first-order valence-corrected chi connectivity index (χ1v) is 4.79. The summed E-state index contributed by atoms with van der Waals surface area (Å²) in [4.78, 5) is 11.3. The molecule has 0 spiro atoms. The number of aryl methyl sites for hydroxylation is 1. The average Bonchev–Trinajstić information content (AvgIpc) is 2.64. The summed E-state index contributed by atoms with van der Waals surface area (Å²) in [6.45, 7) is 1.92. The number of nitrogens with two attached hydrogens (primary N) is 2. The topological polar surface area (TPSA) is 86.9 Å². The third-order valence-corrected chi connectivity index (χ3v) is 2.24. The Morgan fingerprint density at radius 1 is 1.44 bits per heavy atom. The Kier molecular flexibility index (Phi) is 2.36. The zero-order chi connectivity index (χ0) is 11.7. The lowest BCUT2D eigenvalue weighted by Crippen LogP contribution is -2.15. The zero-order valence-corrected chi connectivity index (χ0v) is 8.84. The van der Waals surface area contributed by atoms with Crippen LogP contribution in [0, 0.1) is 6.92 Å². The summed E-state index contributed by atoms with van der Waals surface area (Å²) < 4.78 is 1.61. The standard InChI is InChI=1S/C11H12N4O/c1-7-5-14-15(6-7)10-3-2-8(12)4-9(10)11(13)16/h2-6H,12H2,1H3,(H2,13,16). The summed E-state index contributed by atoms with van der Waals surface area (Å²) >= 11 is 0. The molecule has 0 aliphatic heterocycles. The SMILES string of the molecule is Cc1cnn(-c2ccc(N)cc2C(N)=O)c1. The number of hydrogen-bond donors (Lipinski definition) is 2. The fourth-order valence-corrected chi connectivity index (χ4v) is 1.50. The molecule has 16 heavy (non-hydrogen) atoms. The number of amides is 1. The van der Waals surface area contributed by atoms with E-state index in [4.69, 9.17) is 11.5 Å². The van der Waals surface area contributed by atoms with Gasteiger partial charge >= 0.3 is 0 Å². The smallest absolute Gasteiger partial charge is 0.250 e. The summed E-state index contributed by atoms with van der Waals surface area (Å²) in [6.07, 6.45) is 3.53. The maximum Gasteiger partial charge on any atom is 0.250 e. The van der Waals surface area contributed by atoms with Crippen LogP contribution in [0.2, 0.25) is 0 Å². The molecule has 0 radical (unpaired) electrons. The molecule has 5 nitrogen and oxygen atoms in total. The van der Waals surface area contributed by atoms with Crippen molar-refractivity contribution in [3.8, 4) is 5.69 Å². The van der Waals surface area contributed by atoms with Gasteiger partial charge in [-0.2, -0.15) is 5.10 Å². The van der Waals surface area contributed by atoms with Crippen molar-refractivity contribution < 1.29 is 4.79 Å². The Morgan fingerprint density at radius 3 is 2.75 bits per heavy atom. The summed E-state index contributed by atoms with van der Waals surface area (Å²) in [5.41, 5.74) is 13.4. The van der Waals surface area contributed by atoms with E-state index in [1.165, 1.54) is 0 Å². The van der Waals surface area contributed by atoms with Crippen LogP contribution >= 0.6 is 0 Å². The van der Waals surface area contributed by atoms with Gasteiger partial charge in [0.15, 0.2) is 0 Å². The van der Waals surface area contributed by atoms with Crippen molar-refractivity contribution in [2.24, 2.45) is 5.73 Å². The van der Waals surface area contributed by atoms with Gasteiger partial charge in [0.1, 0.15) is 0 Å². The number of rotatable bonds is 2. The fourth-order valence-electron chi connectivity index (χ4n) is 1.50. The van der Waals surface area contributed by atoms with E-state index in [0.717, 1.165) is 5.56 Å². The third-order valence-electron chi connectivity index (χ3n) is 2.24. The van der Waals surface area contributed by atoms with Crippen LogP contribution in [0.4, 0.5) is 5.69 Å². The first-order valence-electron chi connectivity index (χ1n) is 4.79. The molecule has 0 bridgehead atoms. The van der Waals surface area contributed by atoms with Crippen molar-refractivity contribution in [3.63, 3.8) is 0 Å². The number of primary amides is 1. The van der Waals surface area contributed by atoms with Gasteiger partial charge in [-0.15, -0.1) is 0 Å². The maximum absolute atomic E-state index is 11.3. The van der Waals surface area contributed by atoms with E-state index in [2.05, 4.69) is 5.10 Å². The molecule has 0 aliphatic carbocycles. The minimum atomic E-state index is -0.518. The normalized spacial score (nSPS) is 10.3. The van der Waals surface area contributed by atoms with Gasteiger partial charge in [0.25, 0.3) is 5.91 Å². The van der Waals surface area contributed by atoms with E-state index in [-0.39, 0.29) is 0 Å². The summed E-state index contributed by atoms with van der Waals surface area (Å²) in [6, 6.07) is 4.98. The number of anilines is 1. The summed E-state index contributed by atoms with van der Waals surface area (Å²) in [7, 11) is 0. The number of nitrogen functional groups attached to an aromatic ring is 1. The summed E-state index contributed by atoms with van der Waals surface area (Å²) in [5.74, 6) is -0.518. The van der Waals surface area contributed by atoms with Gasteiger partial charge in [-0.1, -0.05) is 0 Å². The highest BCUT2D eigenvalue weighted by atomic mass is 16.1. The molecular weight excluding hydrogens is 204 g/mol. The molecule has 0 saturated heterocycles. The molecule has 5 heteroatoms. The van der Waals surface area contributed by atoms with Gasteiger partial charge < -0.3 is 11.5 Å². The molecule has 0 atom stereocenters. The van der Waals surface area contributed by atoms with Crippen LogP contribution in [0.5, 0.6) is 0 Å². The lowest BCUT2D eigenvalue weighted by Gasteiger charge is -2.07. The van der Waals surface area contributed by atoms with E-state index in [0.29, 0.717) is 16.9 Å². The Balaban J connectivity index is 2.60. The van der Waals surface area contributed by atoms with Crippen LogP contribution in [-0.4, -0.2) is 15.7 Å². The first-order chi connectivity index (χ1) is 7.58. The van der Waals surface area contributed by atoms with Gasteiger partial charge in [0.2, 0.25) is 0 Å². The van der Waals surface area contributed by atoms with Crippen LogP contribution in [0.1, 0.15) is 15.9 Å². The van der Waals surface area contributed by atoms with Gasteiger partial charge in [-0.25, -0.2) is 4.68 Å². The molecule has 0 fully saturated rings. The number of aromatic nitrogens is 2. The van der Waals surface area contributed by atoms with Crippen molar-refractivity contribution in [2.45, 2.75) is 6.92 Å². The van der Waals surface area contributed by atoms with Crippen molar-refractivity contribution in [1.29, 1.82) is 0 Å². The average molecular weight is 216 g/mol. The minimum absolute atomic E-state index is 0.364. The predicted octanol–water partition coefficient (Wildman–Crippen LogP) is 0.862. The van der Waals surface area contributed by atoms with E-state index < -0.39 is 5.91 Å². The lowest BCUT2D eigenvalue weighted by molar-refractivity contribution is 0.1000. The van der Waals surface area contributed by atoms with Gasteiger partial charge in [-0.3, -0.25) is 4.79 Å². The second-order valence-corrected chi connectivity index (χ2v) is 3.60. The van der Waals surface area contributed by atoms with Crippen molar-refractivity contribution in [1.82, 2.24) is 9.78 Å². The largest absolute Gasteiger partial charge is 0.399 e. The highest BCUT2D eigenvalue weighted by molar-refractivity contribution is 5.97. The Hall–Kier alpha value is -2.30. The Morgan fingerprint density at radius 2 is 2.19 bits per heavy atom. The summed E-state index contributed by atoms with van der Waals surface area (Å²) in [5, 5.41) is 4.13.